The van der Waals surface area contributed by atoms with Crippen LogP contribution < -0.4 is 14.5 Å². The fourth-order valence-corrected chi connectivity index (χ4v) is 4.32. The minimum Gasteiger partial charge on any atom is -0.495 e. The number of rotatable bonds is 5. The molecule has 0 bridgehead atoms. The number of hydrogen-bond acceptors (Lipinski definition) is 3. The Morgan fingerprint density at radius 2 is 1.58 bits per heavy atom. The molecule has 33 heavy (non-hydrogen) atoms. The molecule has 0 unspecified atom stereocenters. The highest BCUT2D eigenvalue weighted by molar-refractivity contribution is 6.16. The monoisotopic (exact) mass is 440 g/mol. The lowest BCUT2D eigenvalue weighted by molar-refractivity contribution is -0.127. The zero-order chi connectivity index (χ0) is 23.5. The summed E-state index contributed by atoms with van der Waals surface area (Å²) in [7, 11) is 1.57. The van der Waals surface area contributed by atoms with Gasteiger partial charge >= 0.3 is 0 Å². The number of amides is 2. The van der Waals surface area contributed by atoms with Crippen LogP contribution in [0.4, 0.5) is 11.4 Å². The molecule has 0 spiro atoms. The second-order valence-corrected chi connectivity index (χ2v) is 8.28. The number of para-hydroxylation sites is 2. The van der Waals surface area contributed by atoms with Gasteiger partial charge in [0.05, 0.1) is 12.8 Å². The third-order valence-corrected chi connectivity index (χ3v) is 6.16. The first-order chi connectivity index (χ1) is 15.9. The van der Waals surface area contributed by atoms with Crippen LogP contribution in [0.2, 0.25) is 0 Å². The van der Waals surface area contributed by atoms with Crippen molar-refractivity contribution in [3.63, 3.8) is 0 Å². The molecule has 1 atom stereocenters. The highest BCUT2D eigenvalue weighted by Crippen LogP contribution is 2.36. The minimum atomic E-state index is -0.789. The molecule has 5 nitrogen and oxygen atoms in total. The number of carbonyl (C=O) groups excluding carboxylic acids is 2. The smallest absolute Gasteiger partial charge is 0.254 e. The normalized spacial score (nSPS) is 16.8. The van der Waals surface area contributed by atoms with Crippen LogP contribution in [0, 0.1) is 13.8 Å². The van der Waals surface area contributed by atoms with Crippen LogP contribution in [0.5, 0.6) is 5.75 Å². The van der Waals surface area contributed by atoms with Crippen molar-refractivity contribution in [1.82, 2.24) is 0 Å². The van der Waals surface area contributed by atoms with Gasteiger partial charge in [-0.1, -0.05) is 60.7 Å². The van der Waals surface area contributed by atoms with Crippen LogP contribution in [-0.2, 0) is 9.59 Å². The highest BCUT2D eigenvalue weighted by atomic mass is 16.5. The third kappa shape index (κ3) is 4.27. The van der Waals surface area contributed by atoms with E-state index in [1.165, 1.54) is 0 Å². The van der Waals surface area contributed by atoms with Gasteiger partial charge in [0, 0.05) is 5.69 Å². The van der Waals surface area contributed by atoms with Crippen LogP contribution >= 0.6 is 0 Å². The number of methoxy groups -OCH3 is 1. The summed E-state index contributed by atoms with van der Waals surface area (Å²) < 4.78 is 5.54. The van der Waals surface area contributed by atoms with E-state index in [4.69, 9.17) is 4.74 Å². The molecule has 3 aromatic rings. The van der Waals surface area contributed by atoms with Gasteiger partial charge in [-0.15, -0.1) is 0 Å². The molecule has 0 N–H and O–H groups in total. The van der Waals surface area contributed by atoms with Crippen molar-refractivity contribution >= 4 is 29.3 Å². The molecule has 2 amide bonds. The van der Waals surface area contributed by atoms with Gasteiger partial charge in [-0.05, 0) is 61.2 Å². The van der Waals surface area contributed by atoms with E-state index in [-0.39, 0.29) is 18.4 Å². The molecule has 1 aliphatic heterocycles. The van der Waals surface area contributed by atoms with Gasteiger partial charge in [-0.25, -0.2) is 0 Å². The molecule has 1 heterocycles. The van der Waals surface area contributed by atoms with E-state index in [0.717, 1.165) is 28.0 Å². The van der Waals surface area contributed by atoms with Crippen molar-refractivity contribution in [2.75, 3.05) is 23.5 Å². The molecule has 5 heteroatoms. The Morgan fingerprint density at radius 1 is 0.909 bits per heavy atom. The molecule has 168 valence electrons. The lowest BCUT2D eigenvalue weighted by Crippen LogP contribution is -2.61. The Balaban J connectivity index is 1.85. The van der Waals surface area contributed by atoms with Crippen molar-refractivity contribution < 1.29 is 14.3 Å². The molecule has 1 aliphatic rings. The first kappa shape index (κ1) is 22.3. The zero-order valence-electron chi connectivity index (χ0n) is 19.4. The Hall–Kier alpha value is -3.86. The Bertz CT molecular complexity index is 1220. The summed E-state index contributed by atoms with van der Waals surface area (Å²) in [5, 5.41) is 0. The van der Waals surface area contributed by atoms with Crippen LogP contribution in [0.1, 0.15) is 23.6 Å². The summed E-state index contributed by atoms with van der Waals surface area (Å²) in [6, 6.07) is 22.2. The van der Waals surface area contributed by atoms with Gasteiger partial charge in [0.15, 0.2) is 0 Å². The van der Waals surface area contributed by atoms with Crippen molar-refractivity contribution in [2.45, 2.75) is 26.8 Å². The fourth-order valence-electron chi connectivity index (χ4n) is 4.32. The molecule has 0 aromatic heterocycles. The lowest BCUT2D eigenvalue weighted by atomic mass is 9.97. The van der Waals surface area contributed by atoms with E-state index >= 15 is 0 Å². The Morgan fingerprint density at radius 3 is 2.30 bits per heavy atom. The third-order valence-electron chi connectivity index (χ3n) is 6.16. The first-order valence-electron chi connectivity index (χ1n) is 11.0. The second kappa shape index (κ2) is 9.33. The maximum Gasteiger partial charge on any atom is 0.254 e. The van der Waals surface area contributed by atoms with Gasteiger partial charge in [0.1, 0.15) is 18.3 Å². The van der Waals surface area contributed by atoms with Crippen LogP contribution in [0.15, 0.2) is 78.4 Å². The van der Waals surface area contributed by atoms with Gasteiger partial charge in [-0.3, -0.25) is 14.5 Å². The van der Waals surface area contributed by atoms with Crippen molar-refractivity contribution in [3.8, 4) is 5.75 Å². The first-order valence-corrected chi connectivity index (χ1v) is 11.0. The van der Waals surface area contributed by atoms with E-state index in [9.17, 15) is 9.59 Å². The summed E-state index contributed by atoms with van der Waals surface area (Å²) in [6.07, 6.45) is 1.96. The highest BCUT2D eigenvalue weighted by Gasteiger charge is 2.43. The summed E-state index contributed by atoms with van der Waals surface area (Å²) >= 11 is 0. The lowest BCUT2D eigenvalue weighted by Gasteiger charge is -2.41. The van der Waals surface area contributed by atoms with Crippen molar-refractivity contribution in [2.24, 2.45) is 0 Å². The predicted octanol–water partition coefficient (Wildman–Crippen LogP) is 5.16. The zero-order valence-corrected chi connectivity index (χ0v) is 19.4. The minimum absolute atomic E-state index is 0.0315. The number of ether oxygens (including phenoxy) is 1. The average Bonchev–Trinajstić information content (AvgIpc) is 2.82. The maximum atomic E-state index is 14.0. The van der Waals surface area contributed by atoms with Gasteiger partial charge in [0.2, 0.25) is 5.91 Å². The number of benzene rings is 3. The van der Waals surface area contributed by atoms with Crippen LogP contribution in [0.3, 0.4) is 0 Å². The van der Waals surface area contributed by atoms with E-state index < -0.39 is 6.04 Å². The van der Waals surface area contributed by atoms with E-state index in [1.54, 1.807) is 23.0 Å². The quantitative estimate of drug-likeness (QED) is 0.550. The SMILES string of the molecule is COc1ccccc1N1C(=O)CN(c2cccc(C)c2C)C(=O)[C@H]1/C(C)=C\c1ccccc1. The summed E-state index contributed by atoms with van der Waals surface area (Å²) in [5.41, 5.74) is 5.18. The average molecular weight is 441 g/mol. The predicted molar refractivity (Wildman–Crippen MR) is 133 cm³/mol. The summed E-state index contributed by atoms with van der Waals surface area (Å²) in [4.78, 5) is 30.8. The molecule has 1 fully saturated rings. The largest absolute Gasteiger partial charge is 0.495 e. The number of nitrogens with zero attached hydrogens (tertiary/aromatic N) is 2. The van der Waals surface area contributed by atoms with E-state index in [1.807, 2.05) is 93.6 Å². The summed E-state index contributed by atoms with van der Waals surface area (Å²) in [6.45, 7) is 5.86. The van der Waals surface area contributed by atoms with Gasteiger partial charge in [-0.2, -0.15) is 0 Å². The molecule has 4 rings (SSSR count). The molecule has 0 radical (unpaired) electrons. The topological polar surface area (TPSA) is 49.9 Å². The fraction of sp³-hybridized carbons (Fsp3) is 0.214. The standard InChI is InChI=1S/C28H28N2O3/c1-19-11-10-15-23(21(19)3)29-18-26(31)30(24-14-8-9-16-25(24)33-4)27(28(29)32)20(2)17-22-12-6-5-7-13-22/h5-17,27H,18H2,1-4H3/b20-17-/t27-/m1/s1. The molecular weight excluding hydrogens is 412 g/mol. The van der Waals surface area contributed by atoms with E-state index in [0.29, 0.717) is 11.4 Å². The molecule has 0 saturated carbocycles. The van der Waals surface area contributed by atoms with Crippen molar-refractivity contribution in [3.05, 3.63) is 95.1 Å². The van der Waals surface area contributed by atoms with Crippen LogP contribution in [-0.4, -0.2) is 31.5 Å². The van der Waals surface area contributed by atoms with Crippen LogP contribution in [0.25, 0.3) is 6.08 Å². The second-order valence-electron chi connectivity index (χ2n) is 8.28. The van der Waals surface area contributed by atoms with Gasteiger partial charge < -0.3 is 9.64 Å². The van der Waals surface area contributed by atoms with E-state index in [2.05, 4.69) is 0 Å². The molecule has 1 saturated heterocycles. The number of hydrogen-bond donors (Lipinski definition) is 0. The molecular formula is C28H28N2O3. The number of anilines is 2. The number of aryl methyl sites for hydroxylation is 1. The maximum absolute atomic E-state index is 14.0. The van der Waals surface area contributed by atoms with Gasteiger partial charge in [0.25, 0.3) is 5.91 Å². The number of piperazine rings is 1. The molecule has 3 aromatic carbocycles. The summed E-state index contributed by atoms with van der Waals surface area (Å²) in [5.74, 6) is 0.251. The Kier molecular flexibility index (Phi) is 6.31. The Labute approximate surface area is 194 Å². The molecule has 0 aliphatic carbocycles. The number of carbonyl (C=O) groups is 2. The van der Waals surface area contributed by atoms with Crippen molar-refractivity contribution in [1.29, 1.82) is 0 Å².